The summed E-state index contributed by atoms with van der Waals surface area (Å²) in [6.45, 7) is 5.79. The molecule has 0 aliphatic heterocycles. The molecule has 0 spiro atoms. The molecular formula is C21H20N4O4S. The van der Waals surface area contributed by atoms with E-state index in [-0.39, 0.29) is 24.6 Å². The lowest BCUT2D eigenvalue weighted by Crippen LogP contribution is -2.08. The molecule has 3 heterocycles. The van der Waals surface area contributed by atoms with Gasteiger partial charge in [-0.05, 0) is 44.5 Å². The lowest BCUT2D eigenvalue weighted by Gasteiger charge is -2.05. The summed E-state index contributed by atoms with van der Waals surface area (Å²) in [5.74, 6) is -0.805. The van der Waals surface area contributed by atoms with Gasteiger partial charge in [0.2, 0.25) is 0 Å². The van der Waals surface area contributed by atoms with E-state index in [1.165, 1.54) is 11.3 Å². The quantitative estimate of drug-likeness (QED) is 0.484. The van der Waals surface area contributed by atoms with Gasteiger partial charge >= 0.3 is 11.9 Å². The number of rotatable bonds is 5. The fourth-order valence-electron chi connectivity index (χ4n) is 3.26. The smallest absolute Gasteiger partial charge is 0.348 e. The van der Waals surface area contributed by atoms with Crippen molar-refractivity contribution in [1.29, 1.82) is 0 Å². The first kappa shape index (κ1) is 19.8. The van der Waals surface area contributed by atoms with E-state index in [4.69, 9.17) is 20.2 Å². The number of anilines is 1. The third-order valence-corrected chi connectivity index (χ3v) is 5.77. The van der Waals surface area contributed by atoms with Gasteiger partial charge in [-0.1, -0.05) is 12.1 Å². The van der Waals surface area contributed by atoms with Crippen LogP contribution in [0.25, 0.3) is 27.2 Å². The van der Waals surface area contributed by atoms with Crippen LogP contribution in [0.3, 0.4) is 0 Å². The number of aryl methyl sites for hydroxylation is 1. The van der Waals surface area contributed by atoms with Gasteiger partial charge in [0.05, 0.1) is 24.2 Å². The van der Waals surface area contributed by atoms with E-state index < -0.39 is 11.9 Å². The van der Waals surface area contributed by atoms with Crippen LogP contribution in [0.5, 0.6) is 0 Å². The average Bonchev–Trinajstić information content (AvgIpc) is 3.22. The number of nitrogen functional groups attached to an aromatic ring is 1. The molecule has 4 aromatic rings. The van der Waals surface area contributed by atoms with E-state index in [2.05, 4.69) is 4.98 Å². The number of para-hydroxylation sites is 2. The molecule has 0 unspecified atom stereocenters. The minimum absolute atomic E-state index is 0.161. The van der Waals surface area contributed by atoms with Gasteiger partial charge in [-0.15, -0.1) is 11.3 Å². The molecule has 0 fully saturated rings. The van der Waals surface area contributed by atoms with Crippen molar-refractivity contribution in [2.24, 2.45) is 0 Å². The van der Waals surface area contributed by atoms with E-state index in [0.29, 0.717) is 32.1 Å². The van der Waals surface area contributed by atoms with Crippen molar-refractivity contribution in [1.82, 2.24) is 14.5 Å². The van der Waals surface area contributed by atoms with Crippen LogP contribution in [0.2, 0.25) is 0 Å². The summed E-state index contributed by atoms with van der Waals surface area (Å²) in [6.07, 6.45) is 0. The Kier molecular flexibility index (Phi) is 5.13. The molecule has 0 aliphatic rings. The highest BCUT2D eigenvalue weighted by molar-refractivity contribution is 7.16. The zero-order valence-electron chi connectivity index (χ0n) is 16.8. The number of fused-ring (bicyclic) bond motifs is 2. The van der Waals surface area contributed by atoms with Crippen LogP contribution in [0.15, 0.2) is 30.3 Å². The molecule has 0 amide bonds. The van der Waals surface area contributed by atoms with Gasteiger partial charge in [0, 0.05) is 0 Å². The Morgan fingerprint density at radius 2 is 1.70 bits per heavy atom. The van der Waals surface area contributed by atoms with Crippen LogP contribution in [-0.4, -0.2) is 39.7 Å². The van der Waals surface area contributed by atoms with Gasteiger partial charge in [0.15, 0.2) is 5.65 Å². The van der Waals surface area contributed by atoms with E-state index in [1.807, 2.05) is 37.3 Å². The zero-order chi connectivity index (χ0) is 21.4. The normalized spacial score (nSPS) is 11.2. The summed E-state index contributed by atoms with van der Waals surface area (Å²) in [7, 11) is 0. The number of nitrogens with zero attached hydrogens (tertiary/aromatic N) is 3. The van der Waals surface area contributed by atoms with Gasteiger partial charge in [-0.25, -0.2) is 19.6 Å². The fraction of sp³-hybridized carbons (Fsp3) is 0.238. The molecule has 0 saturated carbocycles. The summed E-state index contributed by atoms with van der Waals surface area (Å²) in [4.78, 5) is 34.8. The maximum Gasteiger partial charge on any atom is 0.348 e. The number of hydrogen-bond acceptors (Lipinski definition) is 8. The maximum atomic E-state index is 12.7. The number of carbonyl (C=O) groups excluding carboxylic acids is 2. The third-order valence-electron chi connectivity index (χ3n) is 4.56. The lowest BCUT2D eigenvalue weighted by atomic mass is 10.2. The number of hydrogen-bond donors (Lipinski definition) is 1. The Bertz CT molecular complexity index is 1290. The first-order valence-corrected chi connectivity index (χ1v) is 10.3. The van der Waals surface area contributed by atoms with Crippen molar-refractivity contribution in [2.45, 2.75) is 20.8 Å². The van der Waals surface area contributed by atoms with E-state index in [1.54, 1.807) is 18.4 Å². The predicted molar refractivity (Wildman–Crippen MR) is 115 cm³/mol. The van der Waals surface area contributed by atoms with Crippen LogP contribution < -0.4 is 5.73 Å². The summed E-state index contributed by atoms with van der Waals surface area (Å²) in [5, 5.41) is 0.637. The molecule has 0 saturated heterocycles. The molecule has 9 heteroatoms. The lowest BCUT2D eigenvalue weighted by molar-refractivity contribution is 0.0520. The van der Waals surface area contributed by atoms with Crippen LogP contribution in [0, 0.1) is 6.92 Å². The molecular weight excluding hydrogens is 404 g/mol. The average molecular weight is 424 g/mol. The second-order valence-electron chi connectivity index (χ2n) is 6.52. The largest absolute Gasteiger partial charge is 0.462 e. The molecule has 1 aromatic carbocycles. The Hall–Kier alpha value is -3.46. The molecule has 0 atom stereocenters. The monoisotopic (exact) mass is 424 g/mol. The maximum absolute atomic E-state index is 12.7. The topological polar surface area (TPSA) is 109 Å². The number of aromatic nitrogens is 3. The predicted octanol–water partition coefficient (Wildman–Crippen LogP) is 3.88. The molecule has 154 valence electrons. The summed E-state index contributed by atoms with van der Waals surface area (Å²) < 4.78 is 12.0. The molecule has 30 heavy (non-hydrogen) atoms. The number of ether oxygens (including phenoxy) is 2. The highest BCUT2D eigenvalue weighted by Crippen LogP contribution is 2.35. The van der Waals surface area contributed by atoms with Crippen LogP contribution in [0.4, 0.5) is 5.82 Å². The summed E-state index contributed by atoms with van der Waals surface area (Å²) >= 11 is 1.22. The highest BCUT2D eigenvalue weighted by Gasteiger charge is 2.27. The van der Waals surface area contributed by atoms with Crippen molar-refractivity contribution in [2.75, 3.05) is 18.9 Å². The third kappa shape index (κ3) is 3.17. The molecule has 0 bridgehead atoms. The molecule has 4 rings (SSSR count). The van der Waals surface area contributed by atoms with Crippen molar-refractivity contribution in [3.8, 4) is 5.00 Å². The highest BCUT2D eigenvalue weighted by atomic mass is 32.1. The van der Waals surface area contributed by atoms with Crippen LogP contribution in [0.1, 0.15) is 39.4 Å². The zero-order valence-corrected chi connectivity index (χ0v) is 17.6. The Balaban J connectivity index is 2.01. The van der Waals surface area contributed by atoms with Crippen LogP contribution in [-0.2, 0) is 9.47 Å². The molecule has 0 radical (unpaired) electrons. The number of carbonyl (C=O) groups is 2. The summed E-state index contributed by atoms with van der Waals surface area (Å²) in [5.41, 5.74) is 9.40. The minimum atomic E-state index is -0.567. The van der Waals surface area contributed by atoms with Crippen molar-refractivity contribution in [3.05, 3.63) is 46.3 Å². The second kappa shape index (κ2) is 7.75. The Morgan fingerprint density at radius 1 is 1.07 bits per heavy atom. The van der Waals surface area contributed by atoms with Crippen LogP contribution >= 0.6 is 11.3 Å². The first-order chi connectivity index (χ1) is 14.5. The van der Waals surface area contributed by atoms with E-state index >= 15 is 0 Å². The second-order valence-corrected chi connectivity index (χ2v) is 7.55. The Morgan fingerprint density at radius 3 is 2.37 bits per heavy atom. The van der Waals surface area contributed by atoms with Gasteiger partial charge in [-0.2, -0.15) is 0 Å². The number of esters is 2. The minimum Gasteiger partial charge on any atom is -0.462 e. The molecule has 0 aliphatic carbocycles. The van der Waals surface area contributed by atoms with E-state index in [9.17, 15) is 9.59 Å². The number of nitrogens with two attached hydrogens (primary N) is 1. The standard InChI is InChI=1S/C21H20N4O4S/c1-4-28-20(26)15-16-19(24-13-9-7-6-8-12(13)23-16)25(18(15)22)14-10-11(3)17(30-14)21(27)29-5-2/h6-10H,4-5,22H2,1-3H3. The van der Waals surface area contributed by atoms with Gasteiger partial charge in [0.1, 0.15) is 26.8 Å². The fourth-order valence-corrected chi connectivity index (χ4v) is 4.35. The van der Waals surface area contributed by atoms with Gasteiger partial charge < -0.3 is 15.2 Å². The van der Waals surface area contributed by atoms with Gasteiger partial charge in [0.25, 0.3) is 0 Å². The van der Waals surface area contributed by atoms with Crippen molar-refractivity contribution in [3.63, 3.8) is 0 Å². The first-order valence-electron chi connectivity index (χ1n) is 9.47. The summed E-state index contributed by atoms with van der Waals surface area (Å²) in [6, 6.07) is 9.18. The Labute approximate surface area is 176 Å². The molecule has 2 N–H and O–H groups in total. The molecule has 8 nitrogen and oxygen atoms in total. The number of benzene rings is 1. The van der Waals surface area contributed by atoms with Gasteiger partial charge in [-0.3, -0.25) is 4.57 Å². The number of thiophene rings is 1. The van der Waals surface area contributed by atoms with Crippen molar-refractivity contribution >= 4 is 51.3 Å². The van der Waals surface area contributed by atoms with Crippen molar-refractivity contribution < 1.29 is 19.1 Å². The van der Waals surface area contributed by atoms with E-state index in [0.717, 1.165) is 5.56 Å². The molecule has 3 aromatic heterocycles. The SMILES string of the molecule is CCOC(=O)c1sc(-n2c(N)c(C(=O)OCC)c3nc4ccccc4nc32)cc1C.